The Bertz CT molecular complexity index is 983. The lowest BCUT2D eigenvalue weighted by molar-refractivity contribution is -0.158. The average Bonchev–Trinajstić information content (AvgIpc) is 2.82. The minimum atomic E-state index is -1.12. The molecule has 0 aliphatic rings. The number of carbonyl (C=O) groups excluding carboxylic acids is 5. The van der Waals surface area contributed by atoms with E-state index in [1.807, 2.05) is 30.3 Å². The highest BCUT2D eigenvalue weighted by molar-refractivity contribution is 5.89. The molecule has 0 bridgehead atoms. The summed E-state index contributed by atoms with van der Waals surface area (Å²) in [6, 6.07) is 6.66. The number of esters is 2. The molecule has 224 valence electrons. The highest BCUT2D eigenvalue weighted by Gasteiger charge is 2.29. The van der Waals surface area contributed by atoms with Gasteiger partial charge in [0, 0.05) is 13.0 Å². The molecule has 2 atom stereocenters. The number of rotatable bonds is 14. The van der Waals surface area contributed by atoms with E-state index in [1.165, 1.54) is 6.92 Å². The maximum Gasteiger partial charge on any atom is 0.407 e. The van der Waals surface area contributed by atoms with Crippen LogP contribution >= 0.6 is 0 Å². The van der Waals surface area contributed by atoms with Crippen LogP contribution in [0.5, 0.6) is 0 Å². The van der Waals surface area contributed by atoms with Crippen LogP contribution in [0.1, 0.15) is 86.1 Å². The van der Waals surface area contributed by atoms with Gasteiger partial charge in [-0.25, -0.2) is 14.4 Å². The van der Waals surface area contributed by atoms with Crippen molar-refractivity contribution in [2.45, 2.75) is 110 Å². The normalized spacial score (nSPS) is 12.9. The standard InChI is InChI=1S/C29H45N3O8/c1-20(33)22(15-11-12-18-30-27(37)38-19-21-13-9-8-10-14-21)31-26(36)32-23(25(35)40-29(5,6)7)16-17-24(34)39-28(2,3)4/h8-10,13-14,22-23H,11-12,15-19H2,1-7H3,(H,30,37)(H2,31,32,36). The van der Waals surface area contributed by atoms with Gasteiger partial charge in [-0.1, -0.05) is 30.3 Å². The summed E-state index contributed by atoms with van der Waals surface area (Å²) in [7, 11) is 0. The molecular weight excluding hydrogens is 518 g/mol. The number of amides is 3. The molecule has 0 aromatic heterocycles. The van der Waals surface area contributed by atoms with Gasteiger partial charge in [-0.2, -0.15) is 0 Å². The third-order valence-corrected chi connectivity index (χ3v) is 5.25. The van der Waals surface area contributed by atoms with Gasteiger partial charge < -0.3 is 30.2 Å². The number of Topliss-reactive ketones (excluding diaryl/α,β-unsaturated/α-hetero) is 1. The van der Waals surface area contributed by atoms with Crippen LogP contribution in [-0.4, -0.2) is 59.7 Å². The van der Waals surface area contributed by atoms with Gasteiger partial charge in [-0.3, -0.25) is 9.59 Å². The molecule has 40 heavy (non-hydrogen) atoms. The van der Waals surface area contributed by atoms with E-state index in [0.717, 1.165) is 5.56 Å². The SMILES string of the molecule is CC(=O)C(CCCCNC(=O)OCc1ccccc1)NC(=O)NC(CCC(=O)OC(C)(C)C)C(=O)OC(C)(C)C. The van der Waals surface area contributed by atoms with Crippen molar-refractivity contribution >= 4 is 29.8 Å². The predicted molar refractivity (Wildman–Crippen MR) is 149 cm³/mol. The lowest BCUT2D eigenvalue weighted by Gasteiger charge is -2.26. The fourth-order valence-electron chi connectivity index (χ4n) is 3.45. The Hall–Kier alpha value is -3.63. The van der Waals surface area contributed by atoms with Gasteiger partial charge in [0.05, 0.1) is 6.04 Å². The summed E-state index contributed by atoms with van der Waals surface area (Å²) in [5.74, 6) is -1.47. The molecule has 3 N–H and O–H groups in total. The topological polar surface area (TPSA) is 149 Å². The number of hydrogen-bond acceptors (Lipinski definition) is 8. The van der Waals surface area contributed by atoms with Crippen LogP contribution in [0.2, 0.25) is 0 Å². The van der Waals surface area contributed by atoms with E-state index < -0.39 is 47.3 Å². The molecule has 0 fully saturated rings. The van der Waals surface area contributed by atoms with Gasteiger partial charge in [-0.15, -0.1) is 0 Å². The number of urea groups is 1. The Morgan fingerprint density at radius 1 is 0.800 bits per heavy atom. The summed E-state index contributed by atoms with van der Waals surface area (Å²) < 4.78 is 15.8. The van der Waals surface area contributed by atoms with Gasteiger partial charge in [0.1, 0.15) is 23.9 Å². The lowest BCUT2D eigenvalue weighted by Crippen LogP contribution is -2.52. The summed E-state index contributed by atoms with van der Waals surface area (Å²) in [4.78, 5) is 61.6. The minimum absolute atomic E-state index is 0.0337. The van der Waals surface area contributed by atoms with Crippen LogP contribution in [-0.2, 0) is 35.2 Å². The molecule has 3 amide bonds. The Labute approximate surface area is 237 Å². The van der Waals surface area contributed by atoms with Gasteiger partial charge in [0.2, 0.25) is 0 Å². The number of carbonyl (C=O) groups is 5. The highest BCUT2D eigenvalue weighted by atomic mass is 16.6. The van der Waals surface area contributed by atoms with Crippen molar-refractivity contribution in [1.82, 2.24) is 16.0 Å². The maximum atomic E-state index is 12.7. The summed E-state index contributed by atoms with van der Waals surface area (Å²) in [6.45, 7) is 12.2. The fourth-order valence-corrected chi connectivity index (χ4v) is 3.45. The number of nitrogens with one attached hydrogen (secondary N) is 3. The summed E-state index contributed by atoms with van der Waals surface area (Å²) >= 11 is 0. The van der Waals surface area contributed by atoms with Crippen molar-refractivity contribution in [3.05, 3.63) is 35.9 Å². The number of benzene rings is 1. The van der Waals surface area contributed by atoms with E-state index >= 15 is 0 Å². The molecule has 0 radical (unpaired) electrons. The molecule has 0 saturated heterocycles. The molecule has 0 spiro atoms. The average molecular weight is 564 g/mol. The van der Waals surface area contributed by atoms with Gasteiger partial charge >= 0.3 is 24.1 Å². The third kappa shape index (κ3) is 16.4. The molecule has 0 saturated carbocycles. The molecule has 11 nitrogen and oxygen atoms in total. The van der Waals surface area contributed by atoms with Gasteiger partial charge in [0.25, 0.3) is 0 Å². The second kappa shape index (κ2) is 16.5. The summed E-state index contributed by atoms with van der Waals surface area (Å²) in [5, 5.41) is 7.78. The Kier molecular flexibility index (Phi) is 14.2. The van der Waals surface area contributed by atoms with Crippen LogP contribution in [0.25, 0.3) is 0 Å². The zero-order chi connectivity index (χ0) is 30.3. The lowest BCUT2D eigenvalue weighted by atomic mass is 10.1. The van der Waals surface area contributed by atoms with E-state index in [-0.39, 0.29) is 25.2 Å². The fraction of sp³-hybridized carbons (Fsp3) is 0.621. The van der Waals surface area contributed by atoms with E-state index in [9.17, 15) is 24.0 Å². The Balaban J connectivity index is 2.55. The summed E-state index contributed by atoms with van der Waals surface area (Å²) in [5.41, 5.74) is -0.607. The number of ketones is 1. The van der Waals surface area contributed by atoms with Gasteiger partial charge in [0.15, 0.2) is 5.78 Å². The number of alkyl carbamates (subject to hydrolysis) is 1. The molecule has 1 aromatic rings. The van der Waals surface area contributed by atoms with Crippen LogP contribution in [0.4, 0.5) is 9.59 Å². The van der Waals surface area contributed by atoms with Crippen LogP contribution in [0, 0.1) is 0 Å². The summed E-state index contributed by atoms with van der Waals surface area (Å²) in [6.07, 6.45) is 0.746. The molecule has 0 aliphatic carbocycles. The van der Waals surface area contributed by atoms with Gasteiger partial charge in [-0.05, 0) is 79.7 Å². The molecule has 1 rings (SSSR count). The van der Waals surface area contributed by atoms with Crippen molar-refractivity contribution in [1.29, 1.82) is 0 Å². The first-order chi connectivity index (χ1) is 18.6. The second-order valence-corrected chi connectivity index (χ2v) is 11.5. The molecule has 0 aliphatic heterocycles. The van der Waals surface area contributed by atoms with Crippen LogP contribution in [0.3, 0.4) is 0 Å². The van der Waals surface area contributed by atoms with Crippen molar-refractivity contribution in [2.24, 2.45) is 0 Å². The maximum absolute atomic E-state index is 12.7. The Morgan fingerprint density at radius 2 is 1.40 bits per heavy atom. The Morgan fingerprint density at radius 3 is 1.98 bits per heavy atom. The van der Waals surface area contributed by atoms with E-state index in [0.29, 0.717) is 25.8 Å². The first-order valence-electron chi connectivity index (χ1n) is 13.5. The van der Waals surface area contributed by atoms with Crippen molar-refractivity contribution in [3.63, 3.8) is 0 Å². The smallest absolute Gasteiger partial charge is 0.407 e. The zero-order valence-electron chi connectivity index (χ0n) is 24.8. The van der Waals surface area contributed by atoms with E-state index in [4.69, 9.17) is 14.2 Å². The molecule has 11 heteroatoms. The highest BCUT2D eigenvalue weighted by Crippen LogP contribution is 2.14. The quantitative estimate of drug-likeness (QED) is 0.173. The zero-order valence-corrected chi connectivity index (χ0v) is 24.8. The van der Waals surface area contributed by atoms with Crippen molar-refractivity contribution < 1.29 is 38.2 Å². The molecule has 0 heterocycles. The predicted octanol–water partition coefficient (Wildman–Crippen LogP) is 4.17. The van der Waals surface area contributed by atoms with Crippen molar-refractivity contribution in [3.8, 4) is 0 Å². The largest absolute Gasteiger partial charge is 0.460 e. The number of hydrogen-bond donors (Lipinski definition) is 3. The number of ether oxygens (including phenoxy) is 3. The third-order valence-electron chi connectivity index (χ3n) is 5.25. The monoisotopic (exact) mass is 563 g/mol. The second-order valence-electron chi connectivity index (χ2n) is 11.5. The van der Waals surface area contributed by atoms with Crippen LogP contribution in [0.15, 0.2) is 30.3 Å². The van der Waals surface area contributed by atoms with Crippen molar-refractivity contribution in [2.75, 3.05) is 6.54 Å². The molecular formula is C29H45N3O8. The van der Waals surface area contributed by atoms with Crippen LogP contribution < -0.4 is 16.0 Å². The molecule has 1 aromatic carbocycles. The van der Waals surface area contributed by atoms with E-state index in [2.05, 4.69) is 16.0 Å². The first kappa shape index (κ1) is 34.4. The first-order valence-corrected chi connectivity index (χ1v) is 13.5. The number of unbranched alkanes of at least 4 members (excludes halogenated alkanes) is 1. The molecule has 2 unspecified atom stereocenters. The minimum Gasteiger partial charge on any atom is -0.460 e. The van der Waals surface area contributed by atoms with E-state index in [1.54, 1.807) is 41.5 Å².